The zero-order chi connectivity index (χ0) is 15.4. The topological polar surface area (TPSA) is 70.2 Å². The molecule has 1 fully saturated rings. The van der Waals surface area contributed by atoms with E-state index >= 15 is 0 Å². The van der Waals surface area contributed by atoms with Gasteiger partial charge in [0.2, 0.25) is 5.91 Å². The van der Waals surface area contributed by atoms with E-state index in [0.29, 0.717) is 0 Å². The first-order valence-corrected chi connectivity index (χ1v) is 7.62. The minimum absolute atomic E-state index is 0.0426. The fraction of sp³-hybridized carbons (Fsp3) is 0.667. The summed E-state index contributed by atoms with van der Waals surface area (Å²) in [4.78, 5) is 23.2. The number of carbonyl (C=O) groups is 1. The van der Waals surface area contributed by atoms with Crippen LogP contribution in [0.1, 0.15) is 31.2 Å². The zero-order valence-electron chi connectivity index (χ0n) is 13.4. The third-order valence-electron chi connectivity index (χ3n) is 3.91. The van der Waals surface area contributed by atoms with Crippen molar-refractivity contribution in [1.29, 1.82) is 0 Å². The largest absolute Gasteiger partial charge is 0.370 e. The van der Waals surface area contributed by atoms with Crippen LogP contribution in [0.2, 0.25) is 0 Å². The molecule has 1 saturated heterocycles. The SMILES string of the molecule is CCNc1nc(C)nc(N2CCCC(C(=O)NC)C2)c1C. The summed E-state index contributed by atoms with van der Waals surface area (Å²) in [5.41, 5.74) is 1.06. The molecule has 2 N–H and O–H groups in total. The van der Waals surface area contributed by atoms with Gasteiger partial charge in [0, 0.05) is 32.2 Å². The number of rotatable bonds is 4. The maximum atomic E-state index is 11.9. The number of hydrogen-bond acceptors (Lipinski definition) is 5. The molecule has 1 aromatic rings. The van der Waals surface area contributed by atoms with Crippen LogP contribution in [-0.4, -0.2) is 42.6 Å². The monoisotopic (exact) mass is 291 g/mol. The molecule has 1 unspecified atom stereocenters. The van der Waals surface area contributed by atoms with Gasteiger partial charge in [0.25, 0.3) is 0 Å². The van der Waals surface area contributed by atoms with E-state index in [2.05, 4.69) is 32.4 Å². The van der Waals surface area contributed by atoms with Crippen LogP contribution >= 0.6 is 0 Å². The highest BCUT2D eigenvalue weighted by atomic mass is 16.1. The van der Waals surface area contributed by atoms with Gasteiger partial charge in [-0.3, -0.25) is 4.79 Å². The summed E-state index contributed by atoms with van der Waals surface area (Å²) in [7, 11) is 1.70. The van der Waals surface area contributed by atoms with Crippen molar-refractivity contribution >= 4 is 17.5 Å². The number of hydrogen-bond donors (Lipinski definition) is 2. The van der Waals surface area contributed by atoms with Crippen molar-refractivity contribution in [2.24, 2.45) is 5.92 Å². The van der Waals surface area contributed by atoms with E-state index in [1.54, 1.807) is 7.05 Å². The molecule has 116 valence electrons. The van der Waals surface area contributed by atoms with Crippen molar-refractivity contribution in [1.82, 2.24) is 15.3 Å². The minimum atomic E-state index is 0.0426. The molecule has 0 radical (unpaired) electrons. The number of aryl methyl sites for hydroxylation is 1. The quantitative estimate of drug-likeness (QED) is 0.879. The summed E-state index contributed by atoms with van der Waals surface area (Å²) in [6, 6.07) is 0. The summed E-state index contributed by atoms with van der Waals surface area (Å²) in [5, 5.41) is 6.04. The molecule has 1 amide bonds. The first-order valence-electron chi connectivity index (χ1n) is 7.62. The number of anilines is 2. The highest BCUT2D eigenvalue weighted by Crippen LogP contribution is 2.27. The molecule has 2 heterocycles. The highest BCUT2D eigenvalue weighted by molar-refractivity contribution is 5.79. The molecule has 1 aliphatic rings. The fourth-order valence-electron chi connectivity index (χ4n) is 2.85. The molecule has 1 aliphatic heterocycles. The van der Waals surface area contributed by atoms with Crippen molar-refractivity contribution in [3.05, 3.63) is 11.4 Å². The number of nitrogens with one attached hydrogen (secondary N) is 2. The average Bonchev–Trinajstić information content (AvgIpc) is 2.50. The Morgan fingerprint density at radius 3 is 2.81 bits per heavy atom. The van der Waals surface area contributed by atoms with E-state index in [0.717, 1.165) is 55.5 Å². The van der Waals surface area contributed by atoms with Crippen molar-refractivity contribution in [2.75, 3.05) is 36.9 Å². The maximum absolute atomic E-state index is 11.9. The van der Waals surface area contributed by atoms with Crippen LogP contribution in [-0.2, 0) is 4.79 Å². The third kappa shape index (κ3) is 3.43. The van der Waals surface area contributed by atoms with E-state index in [1.807, 2.05) is 13.8 Å². The van der Waals surface area contributed by atoms with Gasteiger partial charge in [0.1, 0.15) is 17.5 Å². The van der Waals surface area contributed by atoms with Crippen molar-refractivity contribution in [3.8, 4) is 0 Å². The molecule has 2 rings (SSSR count). The molecule has 21 heavy (non-hydrogen) atoms. The maximum Gasteiger partial charge on any atom is 0.224 e. The molecule has 6 heteroatoms. The molecule has 0 aliphatic carbocycles. The first kappa shape index (κ1) is 15.5. The second kappa shape index (κ2) is 6.74. The standard InChI is InChI=1S/C15H25N5O/c1-5-17-13-10(2)14(19-11(3)18-13)20-8-6-7-12(9-20)15(21)16-4/h12H,5-9H2,1-4H3,(H,16,21)(H,17,18,19). The molecule has 0 spiro atoms. The summed E-state index contributed by atoms with van der Waals surface area (Å²) >= 11 is 0. The molecular weight excluding hydrogens is 266 g/mol. The first-order chi connectivity index (χ1) is 10.1. The van der Waals surface area contributed by atoms with Crippen LogP contribution in [0, 0.1) is 19.8 Å². The van der Waals surface area contributed by atoms with Crippen molar-refractivity contribution in [3.63, 3.8) is 0 Å². The fourth-order valence-corrected chi connectivity index (χ4v) is 2.85. The molecule has 1 atom stereocenters. The van der Waals surface area contributed by atoms with Gasteiger partial charge < -0.3 is 15.5 Å². The van der Waals surface area contributed by atoms with Crippen LogP contribution in [0.15, 0.2) is 0 Å². The van der Waals surface area contributed by atoms with Crippen LogP contribution in [0.4, 0.5) is 11.6 Å². The second-order valence-corrected chi connectivity index (χ2v) is 5.50. The summed E-state index contributed by atoms with van der Waals surface area (Å²) in [6.45, 7) is 8.50. The zero-order valence-corrected chi connectivity index (χ0v) is 13.4. The lowest BCUT2D eigenvalue weighted by molar-refractivity contribution is -0.124. The van der Waals surface area contributed by atoms with Gasteiger partial charge in [-0.1, -0.05) is 0 Å². The summed E-state index contributed by atoms with van der Waals surface area (Å²) in [5.74, 6) is 2.76. The Hall–Kier alpha value is -1.85. The normalized spacial score (nSPS) is 18.5. The summed E-state index contributed by atoms with van der Waals surface area (Å²) < 4.78 is 0. The van der Waals surface area contributed by atoms with Gasteiger partial charge in [-0.2, -0.15) is 0 Å². The van der Waals surface area contributed by atoms with Gasteiger partial charge >= 0.3 is 0 Å². The Bertz CT molecular complexity index is 517. The average molecular weight is 291 g/mol. The molecular formula is C15H25N5O. The van der Waals surface area contributed by atoms with Gasteiger partial charge in [-0.05, 0) is 33.6 Å². The predicted octanol–water partition coefficient (Wildman–Crippen LogP) is 1.49. The third-order valence-corrected chi connectivity index (χ3v) is 3.91. The molecule has 0 aromatic carbocycles. The Balaban J connectivity index is 2.26. The van der Waals surface area contributed by atoms with Gasteiger partial charge in [-0.25, -0.2) is 9.97 Å². The van der Waals surface area contributed by atoms with Crippen LogP contribution in [0.25, 0.3) is 0 Å². The predicted molar refractivity (Wildman–Crippen MR) is 84.7 cm³/mol. The lowest BCUT2D eigenvalue weighted by Crippen LogP contribution is -2.43. The Morgan fingerprint density at radius 2 is 2.14 bits per heavy atom. The molecule has 0 bridgehead atoms. The molecule has 1 aromatic heterocycles. The van der Waals surface area contributed by atoms with Gasteiger partial charge in [0.05, 0.1) is 5.92 Å². The second-order valence-electron chi connectivity index (χ2n) is 5.50. The van der Waals surface area contributed by atoms with Crippen LogP contribution in [0.5, 0.6) is 0 Å². The minimum Gasteiger partial charge on any atom is -0.370 e. The Morgan fingerprint density at radius 1 is 1.38 bits per heavy atom. The van der Waals surface area contributed by atoms with Gasteiger partial charge in [-0.15, -0.1) is 0 Å². The summed E-state index contributed by atoms with van der Waals surface area (Å²) in [6.07, 6.45) is 1.95. The Labute approximate surface area is 126 Å². The van der Waals surface area contributed by atoms with E-state index in [1.165, 1.54) is 0 Å². The lowest BCUT2D eigenvalue weighted by atomic mass is 9.97. The van der Waals surface area contributed by atoms with E-state index in [4.69, 9.17) is 0 Å². The number of piperidine rings is 1. The smallest absolute Gasteiger partial charge is 0.224 e. The van der Waals surface area contributed by atoms with E-state index in [-0.39, 0.29) is 11.8 Å². The lowest BCUT2D eigenvalue weighted by Gasteiger charge is -2.34. The number of aromatic nitrogens is 2. The van der Waals surface area contributed by atoms with E-state index < -0.39 is 0 Å². The number of amides is 1. The van der Waals surface area contributed by atoms with Crippen LogP contribution < -0.4 is 15.5 Å². The highest BCUT2D eigenvalue weighted by Gasteiger charge is 2.27. The van der Waals surface area contributed by atoms with Crippen LogP contribution in [0.3, 0.4) is 0 Å². The number of carbonyl (C=O) groups excluding carboxylic acids is 1. The molecule has 0 saturated carbocycles. The Kier molecular flexibility index (Phi) is 4.98. The molecule has 6 nitrogen and oxygen atoms in total. The van der Waals surface area contributed by atoms with Gasteiger partial charge in [0.15, 0.2) is 0 Å². The van der Waals surface area contributed by atoms with Crippen molar-refractivity contribution < 1.29 is 4.79 Å². The number of nitrogens with zero attached hydrogens (tertiary/aromatic N) is 3. The van der Waals surface area contributed by atoms with E-state index in [9.17, 15) is 4.79 Å². The van der Waals surface area contributed by atoms with Crippen molar-refractivity contribution in [2.45, 2.75) is 33.6 Å².